The first kappa shape index (κ1) is 12.6. The second kappa shape index (κ2) is 5.36. The van der Waals surface area contributed by atoms with Gasteiger partial charge in [-0.2, -0.15) is 0 Å². The van der Waals surface area contributed by atoms with Gasteiger partial charge in [0.1, 0.15) is 0 Å². The predicted molar refractivity (Wildman–Crippen MR) is 49.7 cm³/mol. The number of nitrogens with one attached hydrogen (secondary N) is 1. The predicted octanol–water partition coefficient (Wildman–Crippen LogP) is 0.191. The molecule has 0 saturated heterocycles. The first-order valence-electron chi connectivity index (χ1n) is 4.37. The van der Waals surface area contributed by atoms with E-state index in [0.717, 1.165) is 0 Å². The molecule has 1 amide bonds. The van der Waals surface area contributed by atoms with Gasteiger partial charge in [-0.1, -0.05) is 6.92 Å². The molecule has 80 valence electrons. The number of carbonyl (C=O) groups excluding carboxylic acids is 2. The summed E-state index contributed by atoms with van der Waals surface area (Å²) in [4.78, 5) is 32.3. The molecule has 0 bridgehead atoms. The van der Waals surface area contributed by atoms with Crippen molar-refractivity contribution >= 4 is 17.7 Å². The SMILES string of the molecule is CC(=O)[C@H](C)NC(=O)C[C@@H](C)C(=O)O. The molecule has 5 heteroatoms. The van der Waals surface area contributed by atoms with Crippen LogP contribution < -0.4 is 5.32 Å². The van der Waals surface area contributed by atoms with Gasteiger partial charge < -0.3 is 10.4 Å². The quantitative estimate of drug-likeness (QED) is 0.665. The minimum absolute atomic E-state index is 0.104. The Bertz CT molecular complexity index is 225. The lowest BCUT2D eigenvalue weighted by Crippen LogP contribution is -2.38. The number of hydrogen-bond acceptors (Lipinski definition) is 3. The highest BCUT2D eigenvalue weighted by Gasteiger charge is 2.17. The van der Waals surface area contributed by atoms with Crippen LogP contribution in [0.4, 0.5) is 0 Å². The molecule has 0 aliphatic carbocycles. The summed E-state index contributed by atoms with van der Waals surface area (Å²) < 4.78 is 0. The molecule has 0 fully saturated rings. The second-order valence-electron chi connectivity index (χ2n) is 3.34. The highest BCUT2D eigenvalue weighted by atomic mass is 16.4. The monoisotopic (exact) mass is 201 g/mol. The van der Waals surface area contributed by atoms with E-state index in [0.29, 0.717) is 0 Å². The van der Waals surface area contributed by atoms with E-state index in [-0.39, 0.29) is 12.2 Å². The van der Waals surface area contributed by atoms with Gasteiger partial charge in [-0.05, 0) is 13.8 Å². The van der Waals surface area contributed by atoms with Crippen molar-refractivity contribution in [1.29, 1.82) is 0 Å². The van der Waals surface area contributed by atoms with Crippen LogP contribution in [0.25, 0.3) is 0 Å². The van der Waals surface area contributed by atoms with Crippen LogP contribution in [-0.2, 0) is 14.4 Å². The van der Waals surface area contributed by atoms with Crippen LogP contribution in [0.1, 0.15) is 27.2 Å². The fourth-order valence-electron chi connectivity index (χ4n) is 0.767. The Balaban J connectivity index is 3.99. The Labute approximate surface area is 82.5 Å². The molecule has 14 heavy (non-hydrogen) atoms. The highest BCUT2D eigenvalue weighted by Crippen LogP contribution is 2.01. The molecule has 0 aliphatic heterocycles. The molecule has 0 aromatic heterocycles. The zero-order valence-corrected chi connectivity index (χ0v) is 8.53. The molecule has 5 nitrogen and oxygen atoms in total. The molecular weight excluding hydrogens is 186 g/mol. The average Bonchev–Trinajstić information content (AvgIpc) is 2.03. The van der Waals surface area contributed by atoms with Crippen molar-refractivity contribution < 1.29 is 19.5 Å². The van der Waals surface area contributed by atoms with E-state index in [9.17, 15) is 14.4 Å². The first-order chi connectivity index (χ1) is 6.34. The molecule has 0 aromatic carbocycles. The van der Waals surface area contributed by atoms with Crippen molar-refractivity contribution in [3.8, 4) is 0 Å². The topological polar surface area (TPSA) is 83.5 Å². The molecule has 0 spiro atoms. The summed E-state index contributed by atoms with van der Waals surface area (Å²) in [7, 11) is 0. The van der Waals surface area contributed by atoms with Gasteiger partial charge in [0.15, 0.2) is 5.78 Å². The number of Topliss-reactive ketones (excluding diaryl/α,β-unsaturated/α-hetero) is 1. The van der Waals surface area contributed by atoms with Gasteiger partial charge in [0, 0.05) is 6.42 Å². The number of carbonyl (C=O) groups is 3. The van der Waals surface area contributed by atoms with Gasteiger partial charge in [0.05, 0.1) is 12.0 Å². The van der Waals surface area contributed by atoms with Gasteiger partial charge in [0.2, 0.25) is 5.91 Å². The molecule has 0 rings (SSSR count). The number of carboxylic acids is 1. The van der Waals surface area contributed by atoms with E-state index in [1.54, 1.807) is 6.92 Å². The maximum Gasteiger partial charge on any atom is 0.306 e. The number of hydrogen-bond donors (Lipinski definition) is 2. The maximum atomic E-state index is 11.1. The first-order valence-corrected chi connectivity index (χ1v) is 4.37. The minimum atomic E-state index is -1.02. The van der Waals surface area contributed by atoms with E-state index in [2.05, 4.69) is 5.32 Å². The molecule has 0 saturated carbocycles. The molecule has 0 aliphatic rings. The minimum Gasteiger partial charge on any atom is -0.481 e. The molecule has 0 aromatic rings. The number of ketones is 1. The van der Waals surface area contributed by atoms with Crippen LogP contribution >= 0.6 is 0 Å². The summed E-state index contributed by atoms with van der Waals surface area (Å²) in [5, 5.41) is 10.9. The lowest BCUT2D eigenvalue weighted by molar-refractivity contribution is -0.143. The van der Waals surface area contributed by atoms with Crippen LogP contribution in [-0.4, -0.2) is 28.8 Å². The zero-order valence-electron chi connectivity index (χ0n) is 8.53. The van der Waals surface area contributed by atoms with E-state index in [1.807, 2.05) is 0 Å². The zero-order chi connectivity index (χ0) is 11.3. The van der Waals surface area contributed by atoms with E-state index in [4.69, 9.17) is 5.11 Å². The Morgan fingerprint density at radius 3 is 2.14 bits per heavy atom. The summed E-state index contributed by atoms with van der Waals surface area (Å²) in [6.07, 6.45) is -0.104. The number of rotatable bonds is 5. The normalized spacial score (nSPS) is 14.2. The summed E-state index contributed by atoms with van der Waals surface area (Å²) in [5.41, 5.74) is 0. The maximum absolute atomic E-state index is 11.1. The third-order valence-electron chi connectivity index (χ3n) is 1.90. The van der Waals surface area contributed by atoms with Crippen molar-refractivity contribution in [2.45, 2.75) is 33.2 Å². The summed E-state index contributed by atoms with van der Waals surface area (Å²) in [5.74, 6) is -2.31. The molecular formula is C9H15NO4. The summed E-state index contributed by atoms with van der Waals surface area (Å²) in [6, 6.07) is -0.552. The summed E-state index contributed by atoms with van der Waals surface area (Å²) in [6.45, 7) is 4.37. The Hall–Kier alpha value is -1.39. The van der Waals surface area contributed by atoms with E-state index in [1.165, 1.54) is 13.8 Å². The Kier molecular flexibility index (Phi) is 4.83. The lowest BCUT2D eigenvalue weighted by Gasteiger charge is -2.11. The van der Waals surface area contributed by atoms with Crippen molar-refractivity contribution in [2.75, 3.05) is 0 Å². The third-order valence-corrected chi connectivity index (χ3v) is 1.90. The van der Waals surface area contributed by atoms with Gasteiger partial charge in [-0.15, -0.1) is 0 Å². The van der Waals surface area contributed by atoms with Crippen molar-refractivity contribution in [3.63, 3.8) is 0 Å². The van der Waals surface area contributed by atoms with Crippen LogP contribution in [0.5, 0.6) is 0 Å². The molecule has 0 radical (unpaired) electrons. The molecule has 0 heterocycles. The van der Waals surface area contributed by atoms with Gasteiger partial charge >= 0.3 is 5.97 Å². The molecule has 2 atom stereocenters. The van der Waals surface area contributed by atoms with Crippen LogP contribution in [0, 0.1) is 5.92 Å². The largest absolute Gasteiger partial charge is 0.481 e. The number of amides is 1. The standard InChI is InChI=1S/C9H15NO4/c1-5(9(13)14)4-8(12)10-6(2)7(3)11/h5-6H,4H2,1-3H3,(H,10,12)(H,13,14)/t5-,6+/m1/s1. The molecule has 0 unspecified atom stereocenters. The van der Waals surface area contributed by atoms with Crippen molar-refractivity contribution in [1.82, 2.24) is 5.32 Å². The fourth-order valence-corrected chi connectivity index (χ4v) is 0.767. The summed E-state index contributed by atoms with van der Waals surface area (Å²) >= 11 is 0. The van der Waals surface area contributed by atoms with E-state index >= 15 is 0 Å². The van der Waals surface area contributed by atoms with Gasteiger partial charge in [-0.25, -0.2) is 0 Å². The number of carboxylic acid groups (broad SMARTS) is 1. The van der Waals surface area contributed by atoms with Gasteiger partial charge in [0.25, 0.3) is 0 Å². The Morgan fingerprint density at radius 2 is 1.79 bits per heavy atom. The highest BCUT2D eigenvalue weighted by molar-refractivity contribution is 5.88. The number of aliphatic carboxylic acids is 1. The van der Waals surface area contributed by atoms with Crippen molar-refractivity contribution in [3.05, 3.63) is 0 Å². The van der Waals surface area contributed by atoms with E-state index < -0.39 is 23.8 Å². The fraction of sp³-hybridized carbons (Fsp3) is 0.667. The van der Waals surface area contributed by atoms with Crippen LogP contribution in [0.15, 0.2) is 0 Å². The lowest BCUT2D eigenvalue weighted by atomic mass is 10.1. The van der Waals surface area contributed by atoms with Gasteiger partial charge in [-0.3, -0.25) is 14.4 Å². The Morgan fingerprint density at radius 1 is 1.29 bits per heavy atom. The smallest absolute Gasteiger partial charge is 0.306 e. The van der Waals surface area contributed by atoms with Crippen LogP contribution in [0.3, 0.4) is 0 Å². The third kappa shape index (κ3) is 4.59. The second-order valence-corrected chi connectivity index (χ2v) is 3.34. The van der Waals surface area contributed by atoms with Crippen LogP contribution in [0.2, 0.25) is 0 Å². The van der Waals surface area contributed by atoms with Crippen molar-refractivity contribution in [2.24, 2.45) is 5.92 Å². The average molecular weight is 201 g/mol. The molecule has 2 N–H and O–H groups in total.